The Morgan fingerprint density at radius 1 is 1.22 bits per heavy atom. The molecule has 0 aliphatic rings. The molecule has 0 unspecified atom stereocenters. The summed E-state index contributed by atoms with van der Waals surface area (Å²) >= 11 is 0. The van der Waals surface area contributed by atoms with E-state index in [1.807, 2.05) is 0 Å². The highest BCUT2D eigenvalue weighted by Gasteiger charge is 2.17. The van der Waals surface area contributed by atoms with Crippen LogP contribution in [0.3, 0.4) is 0 Å². The third-order valence-corrected chi connectivity index (χ3v) is 4.09. The molecule has 3 rings (SSSR count). The number of benzene rings is 1. The monoisotopic (exact) mass is 370 g/mol. The molecule has 3 aromatic rings. The third-order valence-electron chi connectivity index (χ3n) is 4.09. The zero-order valence-electron chi connectivity index (χ0n) is 15.0. The van der Waals surface area contributed by atoms with Gasteiger partial charge in [0.15, 0.2) is 17.1 Å². The largest absolute Gasteiger partial charge is 0.493 e. The number of aromatic nitrogens is 1. The molecule has 0 aliphatic carbocycles. The van der Waals surface area contributed by atoms with Crippen molar-refractivity contribution < 1.29 is 23.8 Å². The van der Waals surface area contributed by atoms with Gasteiger partial charge in [0.25, 0.3) is 5.91 Å². The van der Waals surface area contributed by atoms with E-state index in [2.05, 4.69) is 10.3 Å². The van der Waals surface area contributed by atoms with Gasteiger partial charge in [0.2, 0.25) is 0 Å². The molecule has 0 saturated heterocycles. The maximum Gasteiger partial charge on any atom is 0.349 e. The number of nitrogens with one attached hydrogen (secondary N) is 1. The summed E-state index contributed by atoms with van der Waals surface area (Å²) in [6.45, 7) is 1.38. The van der Waals surface area contributed by atoms with Crippen molar-refractivity contribution in [1.82, 2.24) is 4.98 Å². The minimum atomic E-state index is -0.791. The molecule has 27 heavy (non-hydrogen) atoms. The first-order chi connectivity index (χ1) is 13.0. The maximum absolute atomic E-state index is 12.6. The molecule has 8 nitrogen and oxygen atoms in total. The lowest BCUT2D eigenvalue weighted by Gasteiger charge is -2.11. The zero-order chi connectivity index (χ0) is 19.6. The van der Waals surface area contributed by atoms with Crippen molar-refractivity contribution in [3.05, 3.63) is 57.7 Å². The Bertz CT molecular complexity index is 1070. The lowest BCUT2D eigenvalue weighted by atomic mass is 10.1. The number of amides is 1. The number of aliphatic hydroxyl groups excluding tert-OH is 1. The summed E-state index contributed by atoms with van der Waals surface area (Å²) in [5, 5.41) is 12.6. The molecule has 1 amide bonds. The van der Waals surface area contributed by atoms with E-state index in [0.29, 0.717) is 33.8 Å². The summed E-state index contributed by atoms with van der Waals surface area (Å²) in [6, 6.07) is 6.23. The average Bonchev–Trinajstić information content (AvgIpc) is 2.68. The molecule has 2 heterocycles. The van der Waals surface area contributed by atoms with Crippen LogP contribution in [0, 0.1) is 6.92 Å². The Balaban J connectivity index is 2.01. The smallest absolute Gasteiger partial charge is 0.349 e. The van der Waals surface area contributed by atoms with Gasteiger partial charge < -0.3 is 24.3 Å². The number of rotatable bonds is 5. The van der Waals surface area contributed by atoms with Crippen LogP contribution in [0.5, 0.6) is 11.5 Å². The quantitative estimate of drug-likeness (QED) is 0.708. The van der Waals surface area contributed by atoms with Gasteiger partial charge in [-0.25, -0.2) is 4.79 Å². The predicted molar refractivity (Wildman–Crippen MR) is 98.4 cm³/mol. The van der Waals surface area contributed by atoms with Crippen molar-refractivity contribution >= 4 is 22.6 Å². The van der Waals surface area contributed by atoms with Crippen LogP contribution in [0.2, 0.25) is 0 Å². The number of aliphatic hydroxyl groups is 1. The number of aryl methyl sites for hydroxylation is 1. The summed E-state index contributed by atoms with van der Waals surface area (Å²) in [5.41, 5.74) is 0.642. The SMILES string of the molecule is COc1ccc(NC(=O)c2cc3c(CO)cnc(C)c3oc2=O)cc1OC. The number of hydrogen-bond donors (Lipinski definition) is 2. The molecule has 0 radical (unpaired) electrons. The number of anilines is 1. The van der Waals surface area contributed by atoms with Gasteiger partial charge in [-0.05, 0) is 25.1 Å². The Labute approximate surface area is 154 Å². The number of hydrogen-bond acceptors (Lipinski definition) is 7. The van der Waals surface area contributed by atoms with Gasteiger partial charge in [-0.15, -0.1) is 0 Å². The molecule has 0 saturated carbocycles. The number of pyridine rings is 1. The van der Waals surface area contributed by atoms with Crippen LogP contribution in [-0.4, -0.2) is 30.2 Å². The van der Waals surface area contributed by atoms with Crippen molar-refractivity contribution in [3.8, 4) is 11.5 Å². The summed E-state index contributed by atoms with van der Waals surface area (Å²) in [6.07, 6.45) is 1.48. The van der Waals surface area contributed by atoms with E-state index in [9.17, 15) is 14.7 Å². The van der Waals surface area contributed by atoms with Crippen LogP contribution in [0.1, 0.15) is 21.6 Å². The second kappa shape index (κ2) is 7.46. The Morgan fingerprint density at radius 2 is 1.96 bits per heavy atom. The number of nitrogens with zero attached hydrogens (tertiary/aromatic N) is 1. The molecule has 8 heteroatoms. The van der Waals surface area contributed by atoms with Crippen molar-refractivity contribution in [2.24, 2.45) is 0 Å². The van der Waals surface area contributed by atoms with Crippen LogP contribution >= 0.6 is 0 Å². The van der Waals surface area contributed by atoms with Crippen LogP contribution in [0.4, 0.5) is 5.69 Å². The number of fused-ring (bicyclic) bond motifs is 1. The van der Waals surface area contributed by atoms with E-state index < -0.39 is 11.5 Å². The van der Waals surface area contributed by atoms with Crippen LogP contribution < -0.4 is 20.4 Å². The van der Waals surface area contributed by atoms with Gasteiger partial charge in [-0.2, -0.15) is 0 Å². The third kappa shape index (κ3) is 3.47. The normalized spacial score (nSPS) is 10.7. The molecular formula is C19H18N2O6. The number of carbonyl (C=O) groups excluding carboxylic acids is 1. The van der Waals surface area contributed by atoms with Gasteiger partial charge in [0, 0.05) is 28.9 Å². The van der Waals surface area contributed by atoms with Crippen LogP contribution in [-0.2, 0) is 6.61 Å². The summed E-state index contributed by atoms with van der Waals surface area (Å²) < 4.78 is 15.6. The van der Waals surface area contributed by atoms with Gasteiger partial charge in [0.05, 0.1) is 26.5 Å². The zero-order valence-corrected chi connectivity index (χ0v) is 15.0. The molecule has 140 valence electrons. The first-order valence-electron chi connectivity index (χ1n) is 8.05. The van der Waals surface area contributed by atoms with Gasteiger partial charge in [0.1, 0.15) is 5.56 Å². The predicted octanol–water partition coefficient (Wildman–Crippen LogP) is 2.26. The standard InChI is InChI=1S/C19H18N2O6/c1-10-17-13(11(9-22)8-20-10)7-14(19(24)27-17)18(23)21-12-4-5-15(25-2)16(6-12)26-3/h4-8,22H,9H2,1-3H3,(H,21,23). The molecule has 0 bridgehead atoms. The minimum absolute atomic E-state index is 0.183. The summed E-state index contributed by atoms with van der Waals surface area (Å²) in [7, 11) is 2.99. The molecule has 0 aliphatic heterocycles. The van der Waals surface area contributed by atoms with Crippen molar-refractivity contribution in [2.75, 3.05) is 19.5 Å². The Morgan fingerprint density at radius 3 is 2.63 bits per heavy atom. The van der Waals surface area contributed by atoms with Gasteiger partial charge in [-0.1, -0.05) is 0 Å². The van der Waals surface area contributed by atoms with Gasteiger partial charge >= 0.3 is 5.63 Å². The molecule has 2 aromatic heterocycles. The van der Waals surface area contributed by atoms with E-state index >= 15 is 0 Å². The Kier molecular flexibility index (Phi) is 5.09. The fraction of sp³-hybridized carbons (Fsp3) is 0.211. The Hall–Kier alpha value is -3.39. The highest BCUT2D eigenvalue weighted by atomic mass is 16.5. The van der Waals surface area contributed by atoms with E-state index in [1.54, 1.807) is 25.1 Å². The highest BCUT2D eigenvalue weighted by Crippen LogP contribution is 2.30. The lowest BCUT2D eigenvalue weighted by Crippen LogP contribution is -2.21. The minimum Gasteiger partial charge on any atom is -0.493 e. The second-order valence-electron chi connectivity index (χ2n) is 5.74. The van der Waals surface area contributed by atoms with Crippen LogP contribution in [0.25, 0.3) is 11.0 Å². The highest BCUT2D eigenvalue weighted by molar-refractivity contribution is 6.05. The lowest BCUT2D eigenvalue weighted by molar-refractivity contribution is 0.102. The molecule has 2 N–H and O–H groups in total. The molecular weight excluding hydrogens is 352 g/mol. The first-order valence-corrected chi connectivity index (χ1v) is 8.05. The van der Waals surface area contributed by atoms with Crippen molar-refractivity contribution in [2.45, 2.75) is 13.5 Å². The second-order valence-corrected chi connectivity index (χ2v) is 5.74. The summed E-state index contributed by atoms with van der Waals surface area (Å²) in [4.78, 5) is 29.0. The van der Waals surface area contributed by atoms with E-state index in [1.165, 1.54) is 26.5 Å². The van der Waals surface area contributed by atoms with E-state index in [0.717, 1.165) is 0 Å². The summed E-state index contributed by atoms with van der Waals surface area (Å²) in [5.74, 6) is 0.303. The fourth-order valence-electron chi connectivity index (χ4n) is 2.68. The number of carbonyl (C=O) groups is 1. The molecule has 0 fully saturated rings. The molecule has 1 aromatic carbocycles. The maximum atomic E-state index is 12.6. The van der Waals surface area contributed by atoms with E-state index in [-0.39, 0.29) is 17.8 Å². The van der Waals surface area contributed by atoms with Crippen molar-refractivity contribution in [3.63, 3.8) is 0 Å². The van der Waals surface area contributed by atoms with Crippen LogP contribution in [0.15, 0.2) is 39.7 Å². The number of ether oxygens (including phenoxy) is 2. The topological polar surface area (TPSA) is 111 Å². The van der Waals surface area contributed by atoms with E-state index in [4.69, 9.17) is 13.9 Å². The molecule has 0 atom stereocenters. The first kappa shape index (κ1) is 18.4. The van der Waals surface area contributed by atoms with Crippen molar-refractivity contribution in [1.29, 1.82) is 0 Å². The number of methoxy groups -OCH3 is 2. The fourth-order valence-corrected chi connectivity index (χ4v) is 2.68. The molecule has 0 spiro atoms. The van der Waals surface area contributed by atoms with Gasteiger partial charge in [-0.3, -0.25) is 9.78 Å². The average molecular weight is 370 g/mol.